The largest absolute Gasteiger partial charge is 0.335 e. The Hall–Kier alpha value is -0.910. The summed E-state index contributed by atoms with van der Waals surface area (Å²) in [6.07, 6.45) is 3.67. The maximum absolute atomic E-state index is 12.0. The van der Waals surface area contributed by atoms with Crippen LogP contribution >= 0.6 is 0 Å². The topological polar surface area (TPSA) is 44.4 Å². The first-order valence-corrected chi connectivity index (χ1v) is 7.63. The molecule has 2 unspecified atom stereocenters. The van der Waals surface area contributed by atoms with Crippen LogP contribution in [0.2, 0.25) is 0 Å². The number of amides is 2. The summed E-state index contributed by atoms with van der Waals surface area (Å²) >= 11 is 0. The van der Waals surface area contributed by atoms with Crippen molar-refractivity contribution in [3.8, 4) is 0 Å². The van der Waals surface area contributed by atoms with E-state index >= 15 is 0 Å². The van der Waals surface area contributed by atoms with Gasteiger partial charge < -0.3 is 15.5 Å². The molecule has 2 N–H and O–H groups in total. The van der Waals surface area contributed by atoms with Crippen LogP contribution in [0.15, 0.2) is 0 Å². The number of nitrogens with one attached hydrogen (secondary N) is 2. The highest BCUT2D eigenvalue weighted by Crippen LogP contribution is 2.30. The molecule has 0 spiro atoms. The number of halogens is 2. The van der Waals surface area contributed by atoms with Gasteiger partial charge in [0.15, 0.2) is 0 Å². The molecule has 20 heavy (non-hydrogen) atoms. The van der Waals surface area contributed by atoms with Gasteiger partial charge in [0.25, 0.3) is 6.43 Å². The van der Waals surface area contributed by atoms with Crippen LogP contribution in [0, 0.1) is 5.92 Å². The number of carbonyl (C=O) groups is 1. The lowest BCUT2D eigenvalue weighted by Crippen LogP contribution is -2.52. The molecule has 1 saturated carbocycles. The number of piperidine rings is 1. The molecule has 1 heterocycles. The fraction of sp³-hybridized carbons (Fsp3) is 0.929. The van der Waals surface area contributed by atoms with Gasteiger partial charge in [-0.3, -0.25) is 0 Å². The summed E-state index contributed by atoms with van der Waals surface area (Å²) in [5.74, 6) is 0.418. The van der Waals surface area contributed by atoms with E-state index in [0.29, 0.717) is 5.92 Å². The molecule has 0 bridgehead atoms. The molecule has 2 rings (SSSR count). The molecule has 2 fully saturated rings. The second-order valence-electron chi connectivity index (χ2n) is 6.02. The summed E-state index contributed by atoms with van der Waals surface area (Å²) in [5.41, 5.74) is 0. The van der Waals surface area contributed by atoms with E-state index in [2.05, 4.69) is 15.5 Å². The number of hydrogen-bond donors (Lipinski definition) is 2. The van der Waals surface area contributed by atoms with Gasteiger partial charge in [0.2, 0.25) is 0 Å². The van der Waals surface area contributed by atoms with Gasteiger partial charge in [-0.15, -0.1) is 0 Å². The van der Waals surface area contributed by atoms with Crippen molar-refractivity contribution in [1.29, 1.82) is 0 Å². The minimum absolute atomic E-state index is 0.0237. The zero-order chi connectivity index (χ0) is 14.5. The Kier molecular flexibility index (Phi) is 5.57. The van der Waals surface area contributed by atoms with Crippen molar-refractivity contribution in [1.82, 2.24) is 15.5 Å². The number of carbonyl (C=O) groups excluding carboxylic acids is 1. The first-order chi connectivity index (χ1) is 9.56. The SMILES string of the molecule is CC(NC(=O)NCC(F)F)C1CCCN(C2CCC2)C1. The van der Waals surface area contributed by atoms with Crippen LogP contribution in [0.1, 0.15) is 39.0 Å². The first-order valence-electron chi connectivity index (χ1n) is 7.63. The van der Waals surface area contributed by atoms with Crippen molar-refractivity contribution in [3.63, 3.8) is 0 Å². The van der Waals surface area contributed by atoms with Crippen LogP contribution < -0.4 is 10.6 Å². The highest BCUT2D eigenvalue weighted by Gasteiger charge is 2.31. The average molecular weight is 289 g/mol. The number of hydrogen-bond acceptors (Lipinski definition) is 2. The Bertz CT molecular complexity index is 324. The fourth-order valence-corrected chi connectivity index (χ4v) is 3.08. The molecule has 1 aliphatic carbocycles. The van der Waals surface area contributed by atoms with Crippen molar-refractivity contribution in [2.24, 2.45) is 5.92 Å². The maximum atomic E-state index is 12.0. The van der Waals surface area contributed by atoms with Crippen molar-refractivity contribution in [2.45, 2.75) is 57.5 Å². The normalized spacial score (nSPS) is 26.1. The number of alkyl halides is 2. The molecule has 0 radical (unpaired) electrons. The Morgan fingerprint density at radius 1 is 1.30 bits per heavy atom. The third kappa shape index (κ3) is 4.30. The predicted molar refractivity (Wildman–Crippen MR) is 73.9 cm³/mol. The molecule has 2 atom stereocenters. The molecule has 6 heteroatoms. The van der Waals surface area contributed by atoms with E-state index in [9.17, 15) is 13.6 Å². The summed E-state index contributed by atoms with van der Waals surface area (Å²) in [6.45, 7) is 3.56. The first kappa shape index (κ1) is 15.5. The van der Waals surface area contributed by atoms with Crippen LogP contribution in [0.5, 0.6) is 0 Å². The Morgan fingerprint density at radius 2 is 2.05 bits per heavy atom. The summed E-state index contributed by atoms with van der Waals surface area (Å²) in [6, 6.07) is 0.270. The quantitative estimate of drug-likeness (QED) is 0.815. The van der Waals surface area contributed by atoms with Gasteiger partial charge in [0.05, 0.1) is 6.54 Å². The minimum Gasteiger partial charge on any atom is -0.335 e. The Balaban J connectivity index is 1.73. The summed E-state index contributed by atoms with van der Waals surface area (Å²) in [7, 11) is 0. The second-order valence-corrected chi connectivity index (χ2v) is 6.02. The summed E-state index contributed by atoms with van der Waals surface area (Å²) < 4.78 is 24.0. The second kappa shape index (κ2) is 7.20. The van der Waals surface area contributed by atoms with E-state index < -0.39 is 19.0 Å². The monoisotopic (exact) mass is 289 g/mol. The third-order valence-electron chi connectivity index (χ3n) is 4.56. The molecule has 1 saturated heterocycles. The van der Waals surface area contributed by atoms with Gasteiger partial charge in [0.1, 0.15) is 0 Å². The van der Waals surface area contributed by atoms with Crippen LogP contribution in [-0.4, -0.2) is 49.1 Å². The summed E-state index contributed by atoms with van der Waals surface area (Å²) in [5, 5.41) is 4.99. The summed E-state index contributed by atoms with van der Waals surface area (Å²) in [4.78, 5) is 14.0. The lowest BCUT2D eigenvalue weighted by molar-refractivity contribution is 0.0677. The predicted octanol–water partition coefficient (Wildman–Crippen LogP) is 2.20. The molecule has 2 aliphatic rings. The molecular weight excluding hydrogens is 264 g/mol. The van der Waals surface area contributed by atoms with Gasteiger partial charge >= 0.3 is 6.03 Å². The highest BCUT2D eigenvalue weighted by molar-refractivity contribution is 5.74. The van der Waals surface area contributed by atoms with E-state index in [1.807, 2.05) is 6.92 Å². The van der Waals surface area contributed by atoms with E-state index in [1.54, 1.807) is 0 Å². The maximum Gasteiger partial charge on any atom is 0.315 e. The van der Waals surface area contributed by atoms with Crippen molar-refractivity contribution in [3.05, 3.63) is 0 Å². The number of nitrogens with zero attached hydrogens (tertiary/aromatic N) is 1. The van der Waals surface area contributed by atoms with Crippen LogP contribution in [0.4, 0.5) is 13.6 Å². The van der Waals surface area contributed by atoms with Crippen molar-refractivity contribution >= 4 is 6.03 Å². The zero-order valence-corrected chi connectivity index (χ0v) is 12.1. The third-order valence-corrected chi connectivity index (χ3v) is 4.56. The molecule has 0 aromatic rings. The highest BCUT2D eigenvalue weighted by atomic mass is 19.3. The van der Waals surface area contributed by atoms with Crippen LogP contribution in [0.25, 0.3) is 0 Å². The van der Waals surface area contributed by atoms with Gasteiger partial charge in [-0.25, -0.2) is 13.6 Å². The van der Waals surface area contributed by atoms with Gasteiger partial charge in [-0.2, -0.15) is 0 Å². The number of likely N-dealkylation sites (tertiary alicyclic amines) is 1. The Labute approximate surface area is 119 Å². The van der Waals surface area contributed by atoms with Gasteiger partial charge in [-0.05, 0) is 45.1 Å². The number of urea groups is 1. The average Bonchev–Trinajstić information content (AvgIpc) is 2.34. The molecule has 116 valence electrons. The van der Waals surface area contributed by atoms with Crippen LogP contribution in [0.3, 0.4) is 0 Å². The lowest BCUT2D eigenvalue weighted by atomic mass is 9.86. The van der Waals surface area contributed by atoms with Gasteiger partial charge in [0, 0.05) is 18.6 Å². The fourth-order valence-electron chi connectivity index (χ4n) is 3.08. The molecule has 4 nitrogen and oxygen atoms in total. The molecule has 2 amide bonds. The van der Waals surface area contributed by atoms with E-state index in [4.69, 9.17) is 0 Å². The minimum atomic E-state index is -2.50. The lowest BCUT2D eigenvalue weighted by Gasteiger charge is -2.43. The van der Waals surface area contributed by atoms with E-state index in [0.717, 1.165) is 32.0 Å². The van der Waals surface area contributed by atoms with Crippen molar-refractivity contribution < 1.29 is 13.6 Å². The smallest absolute Gasteiger partial charge is 0.315 e. The zero-order valence-electron chi connectivity index (χ0n) is 12.1. The van der Waals surface area contributed by atoms with Gasteiger partial charge in [-0.1, -0.05) is 6.42 Å². The molecule has 1 aliphatic heterocycles. The molecule has 0 aromatic heterocycles. The Morgan fingerprint density at radius 3 is 2.65 bits per heavy atom. The number of rotatable bonds is 5. The van der Waals surface area contributed by atoms with Crippen LogP contribution in [-0.2, 0) is 0 Å². The molecule has 0 aromatic carbocycles. The van der Waals surface area contributed by atoms with Crippen molar-refractivity contribution in [2.75, 3.05) is 19.6 Å². The van der Waals surface area contributed by atoms with E-state index in [-0.39, 0.29) is 6.04 Å². The standard InChI is InChI=1S/C14H25F2N3O/c1-10(18-14(20)17-8-13(15)16)11-4-3-7-19(9-11)12-5-2-6-12/h10-13H,2-9H2,1H3,(H2,17,18,20). The van der Waals surface area contributed by atoms with E-state index in [1.165, 1.54) is 19.3 Å². The molecular formula is C14H25F2N3O.